The molecule has 1 atom stereocenters. The Morgan fingerprint density at radius 2 is 0.935 bits per heavy atom. The van der Waals surface area contributed by atoms with Crippen molar-refractivity contribution in [2.24, 2.45) is 0 Å². The van der Waals surface area contributed by atoms with E-state index in [2.05, 4.69) is 74.6 Å². The number of hydrogen-bond acceptors (Lipinski definition) is 3. The second kappa shape index (κ2) is 37.1. The lowest BCUT2D eigenvalue weighted by Crippen LogP contribution is -2.21. The maximum atomic E-state index is 12.3. The van der Waals surface area contributed by atoms with Gasteiger partial charge in [0.2, 0.25) is 0 Å². The fourth-order valence-corrected chi connectivity index (χ4v) is 5.46. The van der Waals surface area contributed by atoms with Crippen molar-refractivity contribution in [1.82, 2.24) is 0 Å². The van der Waals surface area contributed by atoms with E-state index in [-0.39, 0.29) is 12.4 Å². The van der Waals surface area contributed by atoms with Crippen LogP contribution in [0.2, 0.25) is 0 Å². The van der Waals surface area contributed by atoms with Gasteiger partial charge in [-0.2, -0.15) is 0 Å². The topological polar surface area (TPSA) is 63.6 Å². The molecule has 0 rings (SSSR count). The van der Waals surface area contributed by atoms with E-state index in [0.717, 1.165) is 70.6 Å². The van der Waals surface area contributed by atoms with E-state index >= 15 is 0 Å². The highest BCUT2D eigenvalue weighted by Crippen LogP contribution is 2.16. The maximum absolute atomic E-state index is 12.3. The van der Waals surface area contributed by atoms with Crippen molar-refractivity contribution in [2.45, 2.75) is 193 Å². The van der Waals surface area contributed by atoms with Crippen LogP contribution in [0.4, 0.5) is 0 Å². The molecule has 0 aliphatic heterocycles. The summed E-state index contributed by atoms with van der Waals surface area (Å²) in [5.74, 6) is -1.14. The van der Waals surface area contributed by atoms with Gasteiger partial charge in [0.15, 0.2) is 0 Å². The van der Waals surface area contributed by atoms with E-state index in [1.807, 2.05) is 0 Å². The number of allylic oxidation sites excluding steroid dienone is 10. The number of carbonyl (C=O) groups excluding carboxylic acids is 1. The zero-order valence-electron chi connectivity index (χ0n) is 30.1. The molecule has 264 valence electrons. The summed E-state index contributed by atoms with van der Waals surface area (Å²) in [6.07, 6.45) is 50.9. The van der Waals surface area contributed by atoms with Gasteiger partial charge in [0, 0.05) is 6.42 Å². The lowest BCUT2D eigenvalue weighted by molar-refractivity contribution is -0.153. The molecule has 0 heterocycles. The Bertz CT molecular complexity index is 820. The normalized spacial score (nSPS) is 12.9. The van der Waals surface area contributed by atoms with E-state index < -0.39 is 12.1 Å². The van der Waals surface area contributed by atoms with Crippen LogP contribution in [-0.2, 0) is 14.3 Å². The van der Waals surface area contributed by atoms with Crippen LogP contribution in [0.25, 0.3) is 0 Å². The first kappa shape index (κ1) is 43.6. The zero-order valence-corrected chi connectivity index (χ0v) is 30.1. The Morgan fingerprint density at radius 1 is 0.522 bits per heavy atom. The summed E-state index contributed by atoms with van der Waals surface area (Å²) >= 11 is 0. The first-order valence-corrected chi connectivity index (χ1v) is 19.3. The largest absolute Gasteiger partial charge is 0.481 e. The third-order valence-electron chi connectivity index (χ3n) is 8.24. The molecule has 0 aliphatic carbocycles. The second-order valence-electron chi connectivity index (χ2n) is 12.8. The summed E-state index contributed by atoms with van der Waals surface area (Å²) in [7, 11) is 0. The minimum Gasteiger partial charge on any atom is -0.481 e. The van der Waals surface area contributed by atoms with E-state index in [1.165, 1.54) is 83.5 Å². The second-order valence-corrected chi connectivity index (χ2v) is 12.8. The average molecular weight is 641 g/mol. The minimum atomic E-state index is -0.893. The molecule has 0 aliphatic rings. The van der Waals surface area contributed by atoms with Crippen molar-refractivity contribution < 1.29 is 19.4 Å². The standard InChI is InChI=1S/C42H72O4/c1-3-5-7-9-11-13-15-17-19-20-21-22-24-26-28-30-32-34-36-38-42(45)46-40(39-41(43)44)37-35-33-31-29-27-25-23-18-16-14-12-10-8-6-4-2/h5,7,11,13,17,19,21-22,26,28,40H,3-4,6,8-10,12,14-16,18,20,23-25,27,29-39H2,1-2H3,(H,43,44)/b7-5-,13-11-,19-17-,22-21-,28-26-. The lowest BCUT2D eigenvalue weighted by atomic mass is 10.0. The van der Waals surface area contributed by atoms with Gasteiger partial charge in [-0.1, -0.05) is 171 Å². The summed E-state index contributed by atoms with van der Waals surface area (Å²) in [4.78, 5) is 23.6. The van der Waals surface area contributed by atoms with Crippen molar-refractivity contribution in [2.75, 3.05) is 0 Å². The van der Waals surface area contributed by atoms with Gasteiger partial charge in [-0.15, -0.1) is 0 Å². The number of ether oxygens (including phenoxy) is 1. The van der Waals surface area contributed by atoms with Crippen LogP contribution in [-0.4, -0.2) is 23.1 Å². The Morgan fingerprint density at radius 3 is 1.39 bits per heavy atom. The summed E-state index contributed by atoms with van der Waals surface area (Å²) in [6, 6.07) is 0. The molecular weight excluding hydrogens is 568 g/mol. The molecule has 0 amide bonds. The van der Waals surface area contributed by atoms with Gasteiger partial charge < -0.3 is 9.84 Å². The van der Waals surface area contributed by atoms with E-state index in [1.54, 1.807) is 0 Å². The quantitative estimate of drug-likeness (QED) is 0.0432. The molecule has 46 heavy (non-hydrogen) atoms. The van der Waals surface area contributed by atoms with E-state index in [9.17, 15) is 14.7 Å². The number of esters is 1. The van der Waals surface area contributed by atoms with E-state index in [4.69, 9.17) is 4.74 Å². The molecule has 0 saturated heterocycles. The molecule has 0 aromatic carbocycles. The fraction of sp³-hybridized carbons (Fsp3) is 0.714. The van der Waals surface area contributed by atoms with Crippen LogP contribution in [0.5, 0.6) is 0 Å². The van der Waals surface area contributed by atoms with Crippen LogP contribution in [0, 0.1) is 0 Å². The van der Waals surface area contributed by atoms with Crippen molar-refractivity contribution in [3.05, 3.63) is 60.8 Å². The summed E-state index contributed by atoms with van der Waals surface area (Å²) in [5.41, 5.74) is 0. The maximum Gasteiger partial charge on any atom is 0.307 e. The Hall–Kier alpha value is -2.36. The van der Waals surface area contributed by atoms with Gasteiger partial charge >= 0.3 is 11.9 Å². The van der Waals surface area contributed by atoms with Gasteiger partial charge in [0.25, 0.3) is 0 Å². The molecule has 1 N–H and O–H groups in total. The Kier molecular flexibility index (Phi) is 35.2. The smallest absolute Gasteiger partial charge is 0.307 e. The van der Waals surface area contributed by atoms with Gasteiger partial charge in [-0.25, -0.2) is 0 Å². The number of rotatable bonds is 34. The highest BCUT2D eigenvalue weighted by molar-refractivity contribution is 5.71. The predicted octanol–water partition coefficient (Wildman–Crippen LogP) is 13.3. The number of carboxylic acids is 1. The first-order chi connectivity index (χ1) is 22.6. The lowest BCUT2D eigenvalue weighted by Gasteiger charge is -2.16. The molecule has 1 unspecified atom stereocenters. The third kappa shape index (κ3) is 36.1. The zero-order chi connectivity index (χ0) is 33.6. The fourth-order valence-electron chi connectivity index (χ4n) is 5.46. The average Bonchev–Trinajstić information content (AvgIpc) is 3.03. The van der Waals surface area contributed by atoms with Crippen LogP contribution in [0.3, 0.4) is 0 Å². The highest BCUT2D eigenvalue weighted by Gasteiger charge is 2.17. The van der Waals surface area contributed by atoms with Crippen LogP contribution in [0.15, 0.2) is 60.8 Å². The molecular formula is C42H72O4. The highest BCUT2D eigenvalue weighted by atomic mass is 16.5. The number of unbranched alkanes of at least 4 members (excludes halogenated alkanes) is 17. The van der Waals surface area contributed by atoms with Crippen LogP contribution >= 0.6 is 0 Å². The first-order valence-electron chi connectivity index (χ1n) is 19.3. The van der Waals surface area contributed by atoms with E-state index in [0.29, 0.717) is 12.8 Å². The molecule has 0 aromatic heterocycles. The van der Waals surface area contributed by atoms with Gasteiger partial charge in [-0.05, 0) is 64.2 Å². The monoisotopic (exact) mass is 641 g/mol. The minimum absolute atomic E-state index is 0.0889. The number of aliphatic carboxylic acids is 1. The number of hydrogen-bond donors (Lipinski definition) is 1. The molecule has 4 heteroatoms. The Labute approximate surface area is 284 Å². The van der Waals surface area contributed by atoms with Gasteiger partial charge in [0.1, 0.15) is 6.10 Å². The molecule has 0 bridgehead atoms. The molecule has 4 nitrogen and oxygen atoms in total. The van der Waals surface area contributed by atoms with Crippen molar-refractivity contribution in [3.8, 4) is 0 Å². The van der Waals surface area contributed by atoms with Gasteiger partial charge in [-0.3, -0.25) is 9.59 Å². The van der Waals surface area contributed by atoms with Crippen LogP contribution in [0.1, 0.15) is 187 Å². The SMILES string of the molecule is CC/C=C\C/C=C\C/C=C\C/C=C\C/C=C\CCCCCC(=O)OC(CCCCCCCCCCCCCCCCC)CC(=O)O. The predicted molar refractivity (Wildman–Crippen MR) is 199 cm³/mol. The molecule has 0 aromatic rings. The summed E-state index contributed by atoms with van der Waals surface area (Å²) in [6.45, 7) is 4.42. The Balaban J connectivity index is 3.76. The molecule has 0 saturated carbocycles. The molecule has 0 spiro atoms. The van der Waals surface area contributed by atoms with Crippen molar-refractivity contribution in [3.63, 3.8) is 0 Å². The molecule has 0 fully saturated rings. The van der Waals surface area contributed by atoms with Crippen LogP contribution < -0.4 is 0 Å². The van der Waals surface area contributed by atoms with Crippen molar-refractivity contribution in [1.29, 1.82) is 0 Å². The van der Waals surface area contributed by atoms with Crippen molar-refractivity contribution >= 4 is 11.9 Å². The third-order valence-corrected chi connectivity index (χ3v) is 8.24. The van der Waals surface area contributed by atoms with Gasteiger partial charge in [0.05, 0.1) is 6.42 Å². The number of carboxylic acid groups (broad SMARTS) is 1. The number of carbonyl (C=O) groups is 2. The summed E-state index contributed by atoms with van der Waals surface area (Å²) in [5, 5.41) is 9.26. The molecule has 0 radical (unpaired) electrons. The summed E-state index contributed by atoms with van der Waals surface area (Å²) < 4.78 is 5.57.